The van der Waals surface area contributed by atoms with Crippen molar-refractivity contribution in [2.45, 2.75) is 26.3 Å². The number of rotatable bonds is 7. The highest BCUT2D eigenvalue weighted by atomic mass is 32.2. The van der Waals surface area contributed by atoms with Gasteiger partial charge in [0.1, 0.15) is 0 Å². The highest BCUT2D eigenvalue weighted by Crippen LogP contribution is 2.14. The van der Waals surface area contributed by atoms with Crippen LogP contribution in [0, 0.1) is 6.92 Å². The summed E-state index contributed by atoms with van der Waals surface area (Å²) in [6.07, 6.45) is 1.49. The minimum absolute atomic E-state index is 0.236. The normalized spacial score (nSPS) is 16.7. The van der Waals surface area contributed by atoms with E-state index in [0.717, 1.165) is 26.1 Å². The summed E-state index contributed by atoms with van der Waals surface area (Å²) in [5, 5.41) is 0. The van der Waals surface area contributed by atoms with Gasteiger partial charge in [0, 0.05) is 32.7 Å². The molecule has 1 aliphatic heterocycles. The van der Waals surface area contributed by atoms with Gasteiger partial charge in [0.05, 0.1) is 5.75 Å². The van der Waals surface area contributed by atoms with Crippen LogP contribution in [-0.2, 0) is 23.0 Å². The van der Waals surface area contributed by atoms with Crippen molar-refractivity contribution in [1.82, 2.24) is 9.21 Å². The van der Waals surface area contributed by atoms with E-state index in [-0.39, 0.29) is 5.75 Å². The fourth-order valence-corrected chi connectivity index (χ4v) is 4.95. The fraction of sp³-hybridized carbons (Fsp3) is 0.429. The molecular formula is C21H28N2O2S. The van der Waals surface area contributed by atoms with Crippen LogP contribution in [0.3, 0.4) is 0 Å². The highest BCUT2D eigenvalue weighted by molar-refractivity contribution is 7.89. The highest BCUT2D eigenvalue weighted by Gasteiger charge is 2.26. The van der Waals surface area contributed by atoms with Crippen molar-refractivity contribution in [3.63, 3.8) is 0 Å². The molecule has 0 bridgehead atoms. The van der Waals surface area contributed by atoms with Crippen molar-refractivity contribution in [1.29, 1.82) is 0 Å². The van der Waals surface area contributed by atoms with Gasteiger partial charge in [-0.3, -0.25) is 4.90 Å². The Hall–Kier alpha value is -1.69. The molecule has 3 rings (SSSR count). The summed E-state index contributed by atoms with van der Waals surface area (Å²) < 4.78 is 26.9. The Morgan fingerprint density at radius 2 is 1.58 bits per heavy atom. The van der Waals surface area contributed by atoms with Gasteiger partial charge in [-0.05, 0) is 30.9 Å². The van der Waals surface area contributed by atoms with E-state index < -0.39 is 10.0 Å². The van der Waals surface area contributed by atoms with Gasteiger partial charge in [0.15, 0.2) is 0 Å². The Bertz CT molecular complexity index is 798. The van der Waals surface area contributed by atoms with Crippen molar-refractivity contribution in [2.24, 2.45) is 0 Å². The van der Waals surface area contributed by atoms with Crippen LogP contribution in [0.25, 0.3) is 0 Å². The predicted molar refractivity (Wildman–Crippen MR) is 107 cm³/mol. The van der Waals surface area contributed by atoms with Crippen LogP contribution >= 0.6 is 0 Å². The number of piperazine rings is 1. The topological polar surface area (TPSA) is 40.6 Å². The standard InChI is InChI=1S/C21H28N2O2S/c1-19-7-5-10-21(17-19)18-22-12-14-23(15-13-22)26(24,25)16-6-11-20-8-3-2-4-9-20/h2-5,7-10,17H,6,11-16,18H2,1H3. The average Bonchev–Trinajstić information content (AvgIpc) is 2.63. The molecule has 5 heteroatoms. The zero-order chi connectivity index (χ0) is 18.4. The van der Waals surface area contributed by atoms with Gasteiger partial charge < -0.3 is 0 Å². The van der Waals surface area contributed by atoms with Crippen LogP contribution in [0.5, 0.6) is 0 Å². The quantitative estimate of drug-likeness (QED) is 0.750. The van der Waals surface area contributed by atoms with Crippen molar-refractivity contribution in [3.05, 3.63) is 71.3 Å². The molecule has 1 aliphatic rings. The maximum atomic E-state index is 12.6. The molecule has 1 heterocycles. The summed E-state index contributed by atoms with van der Waals surface area (Å²) in [5.41, 5.74) is 3.76. The van der Waals surface area contributed by atoms with E-state index in [1.54, 1.807) is 4.31 Å². The van der Waals surface area contributed by atoms with E-state index in [9.17, 15) is 8.42 Å². The SMILES string of the molecule is Cc1cccc(CN2CCN(S(=O)(=O)CCCc3ccccc3)CC2)c1. The van der Waals surface area contributed by atoms with Crippen LogP contribution < -0.4 is 0 Å². The van der Waals surface area contributed by atoms with E-state index in [1.807, 2.05) is 18.2 Å². The molecule has 0 unspecified atom stereocenters. The number of nitrogens with zero attached hydrogens (tertiary/aromatic N) is 2. The number of hydrogen-bond acceptors (Lipinski definition) is 3. The third-order valence-corrected chi connectivity index (χ3v) is 6.88. The molecule has 140 valence electrons. The molecule has 26 heavy (non-hydrogen) atoms. The second kappa shape index (κ2) is 8.80. The van der Waals surface area contributed by atoms with Crippen LogP contribution in [0.2, 0.25) is 0 Å². The number of aryl methyl sites for hydroxylation is 2. The Morgan fingerprint density at radius 1 is 0.885 bits per heavy atom. The van der Waals surface area contributed by atoms with E-state index >= 15 is 0 Å². The number of sulfonamides is 1. The summed E-state index contributed by atoms with van der Waals surface area (Å²) in [6.45, 7) is 5.78. The van der Waals surface area contributed by atoms with E-state index in [1.165, 1.54) is 16.7 Å². The molecule has 0 spiro atoms. The molecular weight excluding hydrogens is 344 g/mol. The molecule has 0 saturated carbocycles. The maximum absolute atomic E-state index is 12.6. The Balaban J connectivity index is 1.45. The number of hydrogen-bond donors (Lipinski definition) is 0. The Labute approximate surface area is 157 Å². The van der Waals surface area contributed by atoms with Gasteiger partial charge in [0.2, 0.25) is 10.0 Å². The molecule has 0 N–H and O–H groups in total. The molecule has 4 nitrogen and oxygen atoms in total. The molecule has 2 aromatic carbocycles. The van der Waals surface area contributed by atoms with Gasteiger partial charge in [0.25, 0.3) is 0 Å². The fourth-order valence-electron chi connectivity index (χ4n) is 3.47. The lowest BCUT2D eigenvalue weighted by atomic mass is 10.1. The second-order valence-corrected chi connectivity index (χ2v) is 9.16. The molecule has 1 saturated heterocycles. The lowest BCUT2D eigenvalue weighted by Gasteiger charge is -2.34. The summed E-state index contributed by atoms with van der Waals surface area (Å²) in [6, 6.07) is 18.6. The van der Waals surface area contributed by atoms with E-state index in [2.05, 4.69) is 48.2 Å². The molecule has 0 aliphatic carbocycles. The smallest absolute Gasteiger partial charge is 0.214 e. The minimum Gasteiger partial charge on any atom is -0.296 e. The van der Waals surface area contributed by atoms with Crippen molar-refractivity contribution < 1.29 is 8.42 Å². The summed E-state index contributed by atoms with van der Waals surface area (Å²) in [5.74, 6) is 0.236. The van der Waals surface area contributed by atoms with Crippen LogP contribution in [0.4, 0.5) is 0 Å². The van der Waals surface area contributed by atoms with Crippen molar-refractivity contribution >= 4 is 10.0 Å². The Kier molecular flexibility index (Phi) is 6.46. The van der Waals surface area contributed by atoms with E-state index in [0.29, 0.717) is 19.5 Å². The zero-order valence-corrected chi connectivity index (χ0v) is 16.3. The van der Waals surface area contributed by atoms with Crippen LogP contribution in [0.1, 0.15) is 23.1 Å². The third-order valence-electron chi connectivity index (χ3n) is 4.92. The first-order valence-electron chi connectivity index (χ1n) is 9.32. The van der Waals surface area contributed by atoms with Gasteiger partial charge in [-0.1, -0.05) is 60.2 Å². The minimum atomic E-state index is -3.15. The third kappa shape index (κ3) is 5.40. The molecule has 0 amide bonds. The van der Waals surface area contributed by atoms with Gasteiger partial charge in [-0.15, -0.1) is 0 Å². The molecule has 0 aromatic heterocycles. The summed E-state index contributed by atoms with van der Waals surface area (Å²) >= 11 is 0. The van der Waals surface area contributed by atoms with Gasteiger partial charge in [-0.2, -0.15) is 4.31 Å². The molecule has 1 fully saturated rings. The maximum Gasteiger partial charge on any atom is 0.214 e. The Morgan fingerprint density at radius 3 is 2.27 bits per heavy atom. The predicted octanol–water partition coefficient (Wildman–Crippen LogP) is 3.08. The lowest BCUT2D eigenvalue weighted by Crippen LogP contribution is -2.48. The largest absolute Gasteiger partial charge is 0.296 e. The van der Waals surface area contributed by atoms with E-state index in [4.69, 9.17) is 0 Å². The summed E-state index contributed by atoms with van der Waals surface area (Å²) in [7, 11) is -3.15. The van der Waals surface area contributed by atoms with Gasteiger partial charge >= 0.3 is 0 Å². The first kappa shape index (κ1) is 19.1. The first-order valence-corrected chi connectivity index (χ1v) is 10.9. The molecule has 2 aromatic rings. The van der Waals surface area contributed by atoms with Crippen LogP contribution in [-0.4, -0.2) is 49.6 Å². The first-order chi connectivity index (χ1) is 12.5. The van der Waals surface area contributed by atoms with Crippen molar-refractivity contribution in [3.8, 4) is 0 Å². The average molecular weight is 373 g/mol. The van der Waals surface area contributed by atoms with Crippen molar-refractivity contribution in [2.75, 3.05) is 31.9 Å². The molecule has 0 radical (unpaired) electrons. The van der Waals surface area contributed by atoms with Gasteiger partial charge in [-0.25, -0.2) is 8.42 Å². The van der Waals surface area contributed by atoms with Crippen LogP contribution in [0.15, 0.2) is 54.6 Å². The summed E-state index contributed by atoms with van der Waals surface area (Å²) in [4.78, 5) is 2.34. The second-order valence-electron chi connectivity index (χ2n) is 7.07. The number of benzene rings is 2. The monoisotopic (exact) mass is 372 g/mol. The lowest BCUT2D eigenvalue weighted by molar-refractivity contribution is 0.181. The molecule has 0 atom stereocenters. The zero-order valence-electron chi connectivity index (χ0n) is 15.5.